The van der Waals surface area contributed by atoms with E-state index in [1.807, 2.05) is 4.72 Å². The quantitative estimate of drug-likeness (QED) is 0.616. The average Bonchev–Trinajstić information content (AvgIpc) is 2.36. The van der Waals surface area contributed by atoms with E-state index >= 15 is 0 Å². The largest absolute Gasteiger partial charge is 0.478 e. The average molecular weight is 385 g/mol. The van der Waals surface area contributed by atoms with Gasteiger partial charge in [0.1, 0.15) is 11.5 Å². The van der Waals surface area contributed by atoms with Crippen LogP contribution >= 0.6 is 15.9 Å². The summed E-state index contributed by atoms with van der Waals surface area (Å²) in [6.07, 6.45) is -1.09. The van der Waals surface area contributed by atoms with Crippen molar-refractivity contribution in [1.82, 2.24) is 4.72 Å². The van der Waals surface area contributed by atoms with Crippen molar-refractivity contribution in [3.8, 4) is 0 Å². The lowest BCUT2D eigenvalue weighted by Gasteiger charge is -2.09. The van der Waals surface area contributed by atoms with Gasteiger partial charge >= 0.3 is 12.1 Å². The van der Waals surface area contributed by atoms with Crippen molar-refractivity contribution in [2.75, 3.05) is 13.2 Å². The molecule has 0 radical (unpaired) electrons. The van der Waals surface area contributed by atoms with Gasteiger partial charge in [-0.2, -0.15) is 0 Å². The number of carbonyl (C=O) groups excluding carboxylic acids is 1. The molecule has 4 N–H and O–H groups in total. The number of nitrogens with two attached hydrogens (primary N) is 1. The van der Waals surface area contributed by atoms with Gasteiger partial charge in [0.15, 0.2) is 5.82 Å². The first kappa shape index (κ1) is 17.3. The molecule has 0 unspecified atom stereocenters. The number of amides is 1. The number of carboxylic acids is 1. The predicted molar refractivity (Wildman–Crippen MR) is 71.8 cm³/mol. The zero-order chi connectivity index (χ0) is 16.2. The smallest absolute Gasteiger partial charge is 0.404 e. The van der Waals surface area contributed by atoms with Gasteiger partial charge in [-0.25, -0.2) is 27.1 Å². The molecule has 0 spiro atoms. The number of carboxylic acid groups (broad SMARTS) is 1. The molecular weight excluding hydrogens is 375 g/mol. The van der Waals surface area contributed by atoms with E-state index in [9.17, 15) is 22.4 Å². The number of sulfonamides is 1. The number of benzene rings is 1. The topological polar surface area (TPSA) is 136 Å². The summed E-state index contributed by atoms with van der Waals surface area (Å²) < 4.78 is 44.0. The van der Waals surface area contributed by atoms with E-state index in [0.29, 0.717) is 0 Å². The van der Waals surface area contributed by atoms with E-state index in [2.05, 4.69) is 26.4 Å². The van der Waals surface area contributed by atoms with Crippen LogP contribution < -0.4 is 10.5 Å². The first-order valence-electron chi connectivity index (χ1n) is 5.29. The fraction of sp³-hybridized carbons (Fsp3) is 0.200. The number of ether oxygens (including phenoxy) is 1. The third-order valence-electron chi connectivity index (χ3n) is 2.16. The Hall–Kier alpha value is -1.72. The highest BCUT2D eigenvalue weighted by molar-refractivity contribution is 9.10. The third-order valence-corrected chi connectivity index (χ3v) is 4.08. The Morgan fingerprint density at radius 1 is 1.43 bits per heavy atom. The summed E-state index contributed by atoms with van der Waals surface area (Å²) in [7, 11) is -4.32. The molecule has 1 rings (SSSR count). The Balaban J connectivity index is 3.03. The maximum Gasteiger partial charge on any atom is 0.404 e. The number of halogens is 2. The molecule has 8 nitrogen and oxygen atoms in total. The zero-order valence-electron chi connectivity index (χ0n) is 10.3. The first-order chi connectivity index (χ1) is 9.65. The number of aromatic carboxylic acids is 1. The van der Waals surface area contributed by atoms with Crippen LogP contribution in [0.25, 0.3) is 0 Å². The second-order valence-corrected chi connectivity index (χ2v) is 6.29. The van der Waals surface area contributed by atoms with Crippen LogP contribution in [-0.2, 0) is 14.8 Å². The van der Waals surface area contributed by atoms with Crippen LogP contribution in [0.1, 0.15) is 10.4 Å². The Labute approximate surface area is 127 Å². The van der Waals surface area contributed by atoms with Crippen LogP contribution in [0.3, 0.4) is 0 Å². The fourth-order valence-electron chi connectivity index (χ4n) is 1.32. The van der Waals surface area contributed by atoms with Crippen LogP contribution in [0.5, 0.6) is 0 Å². The SMILES string of the molecule is NC(=O)OCCNS(=O)(=O)c1cc(Br)cc(C(=O)O)c1F. The normalized spacial score (nSPS) is 11.1. The molecule has 1 aromatic rings. The summed E-state index contributed by atoms with van der Waals surface area (Å²) in [5, 5.41) is 8.81. The zero-order valence-corrected chi connectivity index (χ0v) is 12.7. The van der Waals surface area contributed by atoms with Crippen molar-refractivity contribution in [3.63, 3.8) is 0 Å². The van der Waals surface area contributed by atoms with Crippen molar-refractivity contribution < 1.29 is 32.2 Å². The van der Waals surface area contributed by atoms with Gasteiger partial charge in [-0.15, -0.1) is 0 Å². The van der Waals surface area contributed by atoms with E-state index < -0.39 is 38.4 Å². The maximum absolute atomic E-state index is 13.9. The van der Waals surface area contributed by atoms with Crippen molar-refractivity contribution in [3.05, 3.63) is 28.0 Å². The number of hydrogen-bond acceptors (Lipinski definition) is 5. The molecule has 116 valence electrons. The number of nitrogens with one attached hydrogen (secondary N) is 1. The lowest BCUT2D eigenvalue weighted by atomic mass is 10.2. The van der Waals surface area contributed by atoms with Crippen LogP contribution in [0.15, 0.2) is 21.5 Å². The molecule has 0 saturated carbocycles. The monoisotopic (exact) mass is 384 g/mol. The summed E-state index contributed by atoms with van der Waals surface area (Å²) in [5.74, 6) is -3.00. The van der Waals surface area contributed by atoms with Crippen LogP contribution in [0, 0.1) is 5.82 Å². The molecule has 0 fully saturated rings. The summed E-state index contributed by atoms with van der Waals surface area (Å²) >= 11 is 2.90. The number of hydrogen-bond donors (Lipinski definition) is 3. The fourth-order valence-corrected chi connectivity index (χ4v) is 3.07. The van der Waals surface area contributed by atoms with E-state index in [1.165, 1.54) is 0 Å². The van der Waals surface area contributed by atoms with Gasteiger partial charge in [0.25, 0.3) is 0 Å². The molecule has 0 heterocycles. The molecule has 0 atom stereocenters. The van der Waals surface area contributed by atoms with E-state index in [-0.39, 0.29) is 17.6 Å². The lowest BCUT2D eigenvalue weighted by molar-refractivity contribution is 0.0691. The molecule has 0 bridgehead atoms. The molecular formula is C10H10BrFN2O6S. The molecule has 21 heavy (non-hydrogen) atoms. The Morgan fingerprint density at radius 3 is 2.57 bits per heavy atom. The van der Waals surface area contributed by atoms with Crippen LogP contribution in [0.2, 0.25) is 0 Å². The van der Waals surface area contributed by atoms with Gasteiger partial charge in [0.05, 0.1) is 5.56 Å². The number of rotatable bonds is 6. The highest BCUT2D eigenvalue weighted by Gasteiger charge is 2.24. The van der Waals surface area contributed by atoms with Crippen LogP contribution in [-0.4, -0.2) is 38.7 Å². The third kappa shape index (κ3) is 4.65. The second-order valence-electron chi connectivity index (χ2n) is 3.64. The second kappa shape index (κ2) is 6.83. The minimum absolute atomic E-state index is 0.0788. The van der Waals surface area contributed by atoms with E-state index in [4.69, 9.17) is 5.11 Å². The minimum Gasteiger partial charge on any atom is -0.478 e. The summed E-state index contributed by atoms with van der Waals surface area (Å²) in [6, 6.07) is 1.85. The van der Waals surface area contributed by atoms with E-state index in [1.54, 1.807) is 0 Å². The molecule has 0 aliphatic heterocycles. The number of carbonyl (C=O) groups is 2. The van der Waals surface area contributed by atoms with Crippen molar-refractivity contribution in [2.45, 2.75) is 4.90 Å². The summed E-state index contributed by atoms with van der Waals surface area (Å²) in [6.45, 7) is -0.699. The van der Waals surface area contributed by atoms with Crippen molar-refractivity contribution in [2.24, 2.45) is 5.73 Å². The standard InChI is InChI=1S/C10H10BrFN2O6S/c11-5-3-6(9(15)16)8(12)7(4-5)21(18,19)14-1-2-20-10(13)17/h3-4,14H,1-2H2,(H2,13,17)(H,15,16). The van der Waals surface area contributed by atoms with Gasteiger partial charge in [-0.3, -0.25) is 0 Å². The molecule has 11 heteroatoms. The highest BCUT2D eigenvalue weighted by Crippen LogP contribution is 2.24. The maximum atomic E-state index is 13.9. The molecule has 0 aliphatic carbocycles. The van der Waals surface area contributed by atoms with Crippen LogP contribution in [0.4, 0.5) is 9.18 Å². The molecule has 1 aromatic carbocycles. The predicted octanol–water partition coefficient (Wildman–Crippen LogP) is 0.660. The Morgan fingerprint density at radius 2 is 2.05 bits per heavy atom. The van der Waals surface area contributed by atoms with Gasteiger partial charge in [0, 0.05) is 11.0 Å². The first-order valence-corrected chi connectivity index (χ1v) is 7.57. The molecule has 0 aliphatic rings. The molecule has 1 amide bonds. The Bertz CT molecular complexity index is 678. The van der Waals surface area contributed by atoms with Crippen molar-refractivity contribution in [1.29, 1.82) is 0 Å². The van der Waals surface area contributed by atoms with E-state index in [0.717, 1.165) is 12.1 Å². The van der Waals surface area contributed by atoms with Gasteiger partial charge in [-0.05, 0) is 12.1 Å². The summed E-state index contributed by atoms with van der Waals surface area (Å²) in [5.41, 5.74) is 3.89. The highest BCUT2D eigenvalue weighted by atomic mass is 79.9. The van der Waals surface area contributed by atoms with Crippen molar-refractivity contribution >= 4 is 38.0 Å². The minimum atomic E-state index is -4.32. The summed E-state index contributed by atoms with van der Waals surface area (Å²) in [4.78, 5) is 20.3. The lowest BCUT2D eigenvalue weighted by Crippen LogP contribution is -2.30. The molecule has 0 aromatic heterocycles. The van der Waals surface area contributed by atoms with Gasteiger partial charge in [-0.1, -0.05) is 15.9 Å². The van der Waals surface area contributed by atoms with Gasteiger partial charge < -0.3 is 15.6 Å². The van der Waals surface area contributed by atoms with Gasteiger partial charge in [0.2, 0.25) is 10.0 Å². The number of primary amides is 1. The molecule has 0 saturated heterocycles. The Kier molecular flexibility index (Phi) is 5.63.